The quantitative estimate of drug-likeness (QED) is 0.905. The molecule has 0 aromatic heterocycles. The highest BCUT2D eigenvalue weighted by atomic mass is 19.3. The van der Waals surface area contributed by atoms with Crippen molar-refractivity contribution in [2.24, 2.45) is 0 Å². The van der Waals surface area contributed by atoms with E-state index < -0.39 is 6.61 Å². The molecule has 6 heteroatoms. The van der Waals surface area contributed by atoms with Crippen molar-refractivity contribution in [1.82, 2.24) is 10.2 Å². The Kier molecular flexibility index (Phi) is 4.31. The van der Waals surface area contributed by atoms with Crippen molar-refractivity contribution in [3.63, 3.8) is 0 Å². The molecule has 1 N–H and O–H groups in total. The lowest BCUT2D eigenvalue weighted by molar-refractivity contribution is -0.0499. The Hall–Kier alpha value is -1.69. The van der Waals surface area contributed by atoms with E-state index in [2.05, 4.69) is 10.1 Å². The number of benzene rings is 1. The number of rotatable bonds is 4. The fraction of sp³-hybridized carbons (Fsp3) is 0.462. The maximum atomic E-state index is 12.2. The number of carbonyl (C=O) groups excluding carboxylic acids is 1. The van der Waals surface area contributed by atoms with Crippen molar-refractivity contribution in [3.05, 3.63) is 29.8 Å². The summed E-state index contributed by atoms with van der Waals surface area (Å²) in [6.45, 7) is -1.24. The van der Waals surface area contributed by atoms with E-state index in [1.54, 1.807) is 18.0 Å². The third-order valence-electron chi connectivity index (χ3n) is 3.21. The van der Waals surface area contributed by atoms with Crippen LogP contribution in [0.4, 0.5) is 8.78 Å². The minimum absolute atomic E-state index is 0.00111. The highest BCUT2D eigenvalue weighted by Crippen LogP contribution is 2.18. The van der Waals surface area contributed by atoms with E-state index in [-0.39, 0.29) is 17.7 Å². The third-order valence-corrected chi connectivity index (χ3v) is 3.21. The van der Waals surface area contributed by atoms with Gasteiger partial charge in [-0.3, -0.25) is 4.79 Å². The van der Waals surface area contributed by atoms with Gasteiger partial charge in [-0.05, 0) is 31.2 Å². The van der Waals surface area contributed by atoms with Gasteiger partial charge in [0.2, 0.25) is 0 Å². The van der Waals surface area contributed by atoms with Crippen LogP contribution in [0.15, 0.2) is 24.3 Å². The summed E-state index contributed by atoms with van der Waals surface area (Å²) >= 11 is 0. The van der Waals surface area contributed by atoms with Gasteiger partial charge in [0.05, 0.1) is 0 Å². The number of amides is 1. The molecule has 4 nitrogen and oxygen atoms in total. The van der Waals surface area contributed by atoms with Crippen LogP contribution in [0.1, 0.15) is 16.8 Å². The zero-order valence-corrected chi connectivity index (χ0v) is 10.6. The van der Waals surface area contributed by atoms with Crippen LogP contribution in [0.2, 0.25) is 0 Å². The van der Waals surface area contributed by atoms with Gasteiger partial charge in [0.1, 0.15) is 5.75 Å². The second-order valence-electron chi connectivity index (χ2n) is 4.47. The molecule has 1 atom stereocenters. The van der Waals surface area contributed by atoms with Crippen molar-refractivity contribution < 1.29 is 18.3 Å². The molecule has 1 aromatic carbocycles. The number of hydrogen-bond donors (Lipinski definition) is 1. The SMILES string of the molecule is CN(C(=O)c1cccc(OC(F)F)c1)[C@@H]1CCNC1. The van der Waals surface area contributed by atoms with Gasteiger partial charge in [-0.25, -0.2) is 0 Å². The van der Waals surface area contributed by atoms with Gasteiger partial charge in [0, 0.05) is 25.2 Å². The summed E-state index contributed by atoms with van der Waals surface area (Å²) in [4.78, 5) is 13.9. The van der Waals surface area contributed by atoms with Crippen LogP contribution in [0.3, 0.4) is 0 Å². The molecule has 1 fully saturated rings. The Bertz CT molecular complexity index is 448. The van der Waals surface area contributed by atoms with Gasteiger partial charge >= 0.3 is 6.61 Å². The Morgan fingerprint density at radius 1 is 1.53 bits per heavy atom. The van der Waals surface area contributed by atoms with E-state index in [0.29, 0.717) is 5.56 Å². The van der Waals surface area contributed by atoms with E-state index in [1.165, 1.54) is 18.2 Å². The summed E-state index contributed by atoms with van der Waals surface area (Å²) in [6.07, 6.45) is 0.898. The van der Waals surface area contributed by atoms with E-state index in [1.807, 2.05) is 0 Å². The average molecular weight is 270 g/mol. The van der Waals surface area contributed by atoms with Crippen LogP contribution in [0.5, 0.6) is 5.75 Å². The van der Waals surface area contributed by atoms with Gasteiger partial charge in [-0.15, -0.1) is 0 Å². The van der Waals surface area contributed by atoms with Crippen LogP contribution in [0, 0.1) is 0 Å². The number of hydrogen-bond acceptors (Lipinski definition) is 3. The molecule has 19 heavy (non-hydrogen) atoms. The monoisotopic (exact) mass is 270 g/mol. The minimum atomic E-state index is -2.89. The summed E-state index contributed by atoms with van der Waals surface area (Å²) in [5.74, 6) is -0.188. The minimum Gasteiger partial charge on any atom is -0.435 e. The highest BCUT2D eigenvalue weighted by Gasteiger charge is 2.24. The fourth-order valence-corrected chi connectivity index (χ4v) is 2.14. The first-order valence-electron chi connectivity index (χ1n) is 6.10. The molecule has 1 saturated heterocycles. The van der Waals surface area contributed by atoms with Crippen molar-refractivity contribution in [2.75, 3.05) is 20.1 Å². The first-order valence-corrected chi connectivity index (χ1v) is 6.10. The number of halogens is 2. The molecule has 0 bridgehead atoms. The molecule has 1 aromatic rings. The predicted molar refractivity (Wildman–Crippen MR) is 66.4 cm³/mol. The number of nitrogens with zero attached hydrogens (tertiary/aromatic N) is 1. The highest BCUT2D eigenvalue weighted by molar-refractivity contribution is 5.94. The maximum Gasteiger partial charge on any atom is 0.387 e. The van der Waals surface area contributed by atoms with Gasteiger partial charge in [-0.2, -0.15) is 8.78 Å². The second kappa shape index (κ2) is 5.97. The molecule has 0 spiro atoms. The summed E-state index contributed by atoms with van der Waals surface area (Å²) in [5.41, 5.74) is 0.354. The molecular formula is C13H16F2N2O2. The summed E-state index contributed by atoms with van der Waals surface area (Å²) in [6, 6.07) is 6.02. The second-order valence-corrected chi connectivity index (χ2v) is 4.47. The van der Waals surface area contributed by atoms with Crippen LogP contribution in [0.25, 0.3) is 0 Å². The van der Waals surface area contributed by atoms with Gasteiger partial charge in [-0.1, -0.05) is 6.07 Å². The summed E-state index contributed by atoms with van der Waals surface area (Å²) < 4.78 is 28.6. The molecular weight excluding hydrogens is 254 g/mol. The number of ether oxygens (including phenoxy) is 1. The summed E-state index contributed by atoms with van der Waals surface area (Å²) in [5, 5.41) is 3.18. The van der Waals surface area contributed by atoms with E-state index in [0.717, 1.165) is 19.5 Å². The van der Waals surface area contributed by atoms with Crippen LogP contribution < -0.4 is 10.1 Å². The van der Waals surface area contributed by atoms with Crippen molar-refractivity contribution in [2.45, 2.75) is 19.1 Å². The fourth-order valence-electron chi connectivity index (χ4n) is 2.14. The molecule has 1 aliphatic rings. The summed E-state index contributed by atoms with van der Waals surface area (Å²) in [7, 11) is 1.72. The van der Waals surface area contributed by atoms with E-state index in [4.69, 9.17) is 0 Å². The molecule has 2 rings (SSSR count). The number of alkyl halides is 2. The van der Waals surface area contributed by atoms with Crippen molar-refractivity contribution in [1.29, 1.82) is 0 Å². The zero-order chi connectivity index (χ0) is 13.8. The van der Waals surface area contributed by atoms with Crippen molar-refractivity contribution in [3.8, 4) is 5.75 Å². The largest absolute Gasteiger partial charge is 0.435 e. The Morgan fingerprint density at radius 2 is 2.32 bits per heavy atom. The standard InChI is InChI=1S/C13H16F2N2O2/c1-17(10-5-6-16-8-10)12(18)9-3-2-4-11(7-9)19-13(14)15/h2-4,7,10,13,16H,5-6,8H2,1H3/t10-/m1/s1. The Balaban J connectivity index is 2.09. The lowest BCUT2D eigenvalue weighted by atomic mass is 10.1. The van der Waals surface area contributed by atoms with Gasteiger partial charge < -0.3 is 15.0 Å². The first kappa shape index (κ1) is 13.7. The molecule has 0 saturated carbocycles. The smallest absolute Gasteiger partial charge is 0.387 e. The lowest BCUT2D eigenvalue weighted by Gasteiger charge is -2.24. The van der Waals surface area contributed by atoms with Crippen LogP contribution in [-0.2, 0) is 0 Å². The van der Waals surface area contributed by atoms with Crippen LogP contribution >= 0.6 is 0 Å². The molecule has 1 aliphatic heterocycles. The third kappa shape index (κ3) is 3.41. The zero-order valence-electron chi connectivity index (χ0n) is 10.6. The van der Waals surface area contributed by atoms with E-state index in [9.17, 15) is 13.6 Å². The Morgan fingerprint density at radius 3 is 2.95 bits per heavy atom. The molecule has 1 heterocycles. The van der Waals surface area contributed by atoms with Gasteiger partial charge in [0.15, 0.2) is 0 Å². The maximum absolute atomic E-state index is 12.2. The van der Waals surface area contributed by atoms with E-state index >= 15 is 0 Å². The predicted octanol–water partition coefficient (Wildman–Crippen LogP) is 1.72. The molecule has 0 aliphatic carbocycles. The molecule has 1 amide bonds. The molecule has 104 valence electrons. The number of nitrogens with one attached hydrogen (secondary N) is 1. The number of likely N-dealkylation sites (N-methyl/N-ethyl adjacent to an activating group) is 1. The topological polar surface area (TPSA) is 41.6 Å². The first-order chi connectivity index (χ1) is 9.08. The average Bonchev–Trinajstić information content (AvgIpc) is 2.90. The molecule has 0 radical (unpaired) electrons. The van der Waals surface area contributed by atoms with Crippen LogP contribution in [-0.4, -0.2) is 43.6 Å². The van der Waals surface area contributed by atoms with Gasteiger partial charge in [0.25, 0.3) is 5.91 Å². The van der Waals surface area contributed by atoms with Crippen molar-refractivity contribution >= 4 is 5.91 Å². The Labute approximate surface area is 110 Å². The lowest BCUT2D eigenvalue weighted by Crippen LogP contribution is -2.38. The normalized spacial score (nSPS) is 18.6. The number of carbonyl (C=O) groups is 1. The molecule has 0 unspecified atom stereocenters.